The SMILES string of the molecule is CSC1CCC(Nc2cc(F)ncn2)CC1. The topological polar surface area (TPSA) is 37.8 Å². The summed E-state index contributed by atoms with van der Waals surface area (Å²) in [6.45, 7) is 0. The Morgan fingerprint density at radius 2 is 2.06 bits per heavy atom. The molecule has 5 heteroatoms. The first kappa shape index (κ1) is 11.6. The van der Waals surface area contributed by atoms with Crippen molar-refractivity contribution in [2.24, 2.45) is 0 Å². The molecule has 1 aliphatic rings. The summed E-state index contributed by atoms with van der Waals surface area (Å²) in [5, 5.41) is 4.06. The second-order valence-electron chi connectivity index (χ2n) is 4.08. The molecule has 16 heavy (non-hydrogen) atoms. The van der Waals surface area contributed by atoms with Crippen LogP contribution in [0, 0.1) is 5.95 Å². The number of rotatable bonds is 3. The molecule has 1 saturated carbocycles. The molecule has 1 aromatic rings. The van der Waals surface area contributed by atoms with Crippen LogP contribution < -0.4 is 5.32 Å². The Morgan fingerprint density at radius 3 is 2.69 bits per heavy atom. The Labute approximate surface area is 99.3 Å². The van der Waals surface area contributed by atoms with E-state index >= 15 is 0 Å². The highest BCUT2D eigenvalue weighted by molar-refractivity contribution is 7.99. The van der Waals surface area contributed by atoms with Crippen molar-refractivity contribution < 1.29 is 4.39 Å². The monoisotopic (exact) mass is 241 g/mol. The molecule has 3 nitrogen and oxygen atoms in total. The second-order valence-corrected chi connectivity index (χ2v) is 5.22. The number of hydrogen-bond acceptors (Lipinski definition) is 4. The lowest BCUT2D eigenvalue weighted by molar-refractivity contribution is 0.471. The fraction of sp³-hybridized carbons (Fsp3) is 0.636. The highest BCUT2D eigenvalue weighted by atomic mass is 32.2. The highest BCUT2D eigenvalue weighted by Crippen LogP contribution is 2.28. The smallest absolute Gasteiger partial charge is 0.217 e. The standard InChI is InChI=1S/C11H16FN3S/c1-16-9-4-2-8(3-5-9)15-11-6-10(12)13-7-14-11/h6-9H,2-5H2,1H3,(H,13,14,15). The van der Waals surface area contributed by atoms with E-state index in [1.165, 1.54) is 25.2 Å². The van der Waals surface area contributed by atoms with E-state index in [2.05, 4.69) is 21.5 Å². The van der Waals surface area contributed by atoms with Gasteiger partial charge in [0, 0.05) is 17.4 Å². The van der Waals surface area contributed by atoms with E-state index in [9.17, 15) is 4.39 Å². The van der Waals surface area contributed by atoms with E-state index in [-0.39, 0.29) is 0 Å². The van der Waals surface area contributed by atoms with Crippen LogP contribution in [-0.4, -0.2) is 27.5 Å². The van der Waals surface area contributed by atoms with Gasteiger partial charge in [0.1, 0.15) is 12.1 Å². The molecule has 88 valence electrons. The Morgan fingerprint density at radius 1 is 1.31 bits per heavy atom. The first-order valence-electron chi connectivity index (χ1n) is 5.55. The predicted molar refractivity (Wildman–Crippen MR) is 65.2 cm³/mol. The molecule has 0 amide bonds. The fourth-order valence-electron chi connectivity index (χ4n) is 2.06. The van der Waals surface area contributed by atoms with Crippen molar-refractivity contribution in [3.05, 3.63) is 18.3 Å². The summed E-state index contributed by atoms with van der Waals surface area (Å²) in [6, 6.07) is 1.78. The Balaban J connectivity index is 1.87. The predicted octanol–water partition coefficient (Wildman–Crippen LogP) is 2.70. The second kappa shape index (κ2) is 5.48. The van der Waals surface area contributed by atoms with E-state index in [1.807, 2.05) is 11.8 Å². The van der Waals surface area contributed by atoms with Gasteiger partial charge in [-0.1, -0.05) is 0 Å². The molecule has 0 saturated heterocycles. The maximum Gasteiger partial charge on any atom is 0.217 e. The van der Waals surface area contributed by atoms with E-state index in [0.29, 0.717) is 11.9 Å². The van der Waals surface area contributed by atoms with Crippen molar-refractivity contribution in [3.8, 4) is 0 Å². The molecule has 1 fully saturated rings. The maximum absolute atomic E-state index is 12.8. The van der Waals surface area contributed by atoms with Gasteiger partial charge in [-0.25, -0.2) is 9.97 Å². The number of aromatic nitrogens is 2. The molecule has 0 atom stereocenters. The largest absolute Gasteiger partial charge is 0.367 e. The third kappa shape index (κ3) is 3.07. The van der Waals surface area contributed by atoms with Gasteiger partial charge in [0.05, 0.1) is 0 Å². The van der Waals surface area contributed by atoms with E-state index in [0.717, 1.165) is 18.1 Å². The summed E-state index contributed by atoms with van der Waals surface area (Å²) in [6.07, 6.45) is 8.15. The van der Waals surface area contributed by atoms with Gasteiger partial charge in [0.15, 0.2) is 0 Å². The van der Waals surface area contributed by atoms with Crippen LogP contribution >= 0.6 is 11.8 Å². The Bertz CT molecular complexity index is 340. The lowest BCUT2D eigenvalue weighted by Crippen LogP contribution is -2.27. The zero-order chi connectivity index (χ0) is 11.4. The first-order valence-corrected chi connectivity index (χ1v) is 6.83. The zero-order valence-corrected chi connectivity index (χ0v) is 10.1. The van der Waals surface area contributed by atoms with Crippen LogP contribution in [0.5, 0.6) is 0 Å². The van der Waals surface area contributed by atoms with Crippen LogP contribution in [0.2, 0.25) is 0 Å². The summed E-state index contributed by atoms with van der Waals surface area (Å²) in [7, 11) is 0. The lowest BCUT2D eigenvalue weighted by Gasteiger charge is -2.28. The van der Waals surface area contributed by atoms with E-state index in [1.54, 1.807) is 0 Å². The van der Waals surface area contributed by atoms with Crippen LogP contribution in [0.1, 0.15) is 25.7 Å². The van der Waals surface area contributed by atoms with Gasteiger partial charge in [-0.3, -0.25) is 0 Å². The molecule has 0 unspecified atom stereocenters. The molecule has 1 aromatic heterocycles. The van der Waals surface area contributed by atoms with Crippen LogP contribution in [0.3, 0.4) is 0 Å². The number of halogens is 1. The third-order valence-corrected chi connectivity index (χ3v) is 4.13. The molecule has 0 bridgehead atoms. The van der Waals surface area contributed by atoms with Gasteiger partial charge in [0.25, 0.3) is 0 Å². The summed E-state index contributed by atoms with van der Waals surface area (Å²) in [5.74, 6) is 0.121. The van der Waals surface area contributed by atoms with Crippen LogP contribution in [0.15, 0.2) is 12.4 Å². The third-order valence-electron chi connectivity index (χ3n) is 2.99. The van der Waals surface area contributed by atoms with Crippen molar-refractivity contribution in [2.45, 2.75) is 37.0 Å². The summed E-state index contributed by atoms with van der Waals surface area (Å²) in [4.78, 5) is 7.44. The van der Waals surface area contributed by atoms with Crippen LogP contribution in [0.25, 0.3) is 0 Å². The van der Waals surface area contributed by atoms with Crippen LogP contribution in [-0.2, 0) is 0 Å². The van der Waals surface area contributed by atoms with Crippen molar-refractivity contribution in [1.29, 1.82) is 0 Å². The van der Waals surface area contributed by atoms with E-state index < -0.39 is 5.95 Å². The Hall–Kier alpha value is -0.840. The number of anilines is 1. The normalized spacial score (nSPS) is 25.4. The number of nitrogens with one attached hydrogen (secondary N) is 1. The molecule has 1 N–H and O–H groups in total. The van der Waals surface area contributed by atoms with Gasteiger partial charge < -0.3 is 5.32 Å². The molecule has 0 radical (unpaired) electrons. The molecule has 2 rings (SSSR count). The number of thioether (sulfide) groups is 1. The number of hydrogen-bond donors (Lipinski definition) is 1. The average molecular weight is 241 g/mol. The average Bonchev–Trinajstić information content (AvgIpc) is 2.30. The molecular formula is C11H16FN3S. The first-order chi connectivity index (χ1) is 7.78. The molecule has 1 heterocycles. The van der Waals surface area contributed by atoms with Crippen molar-refractivity contribution in [3.63, 3.8) is 0 Å². The number of nitrogens with zero attached hydrogens (tertiary/aromatic N) is 2. The lowest BCUT2D eigenvalue weighted by atomic mass is 9.95. The van der Waals surface area contributed by atoms with Gasteiger partial charge in [0.2, 0.25) is 5.95 Å². The summed E-state index contributed by atoms with van der Waals surface area (Å²) in [5.41, 5.74) is 0. The molecule has 1 aliphatic carbocycles. The van der Waals surface area contributed by atoms with E-state index in [4.69, 9.17) is 0 Å². The van der Waals surface area contributed by atoms with Gasteiger partial charge in [-0.15, -0.1) is 0 Å². The minimum absolute atomic E-state index is 0.428. The van der Waals surface area contributed by atoms with Crippen LogP contribution in [0.4, 0.5) is 10.2 Å². The summed E-state index contributed by atoms with van der Waals surface area (Å²) >= 11 is 1.94. The minimum atomic E-state index is -0.477. The molecule has 0 aromatic carbocycles. The van der Waals surface area contributed by atoms with Crippen molar-refractivity contribution in [2.75, 3.05) is 11.6 Å². The van der Waals surface area contributed by atoms with Crippen molar-refractivity contribution in [1.82, 2.24) is 9.97 Å². The molecule has 0 spiro atoms. The highest BCUT2D eigenvalue weighted by Gasteiger charge is 2.20. The quantitative estimate of drug-likeness (QED) is 0.826. The van der Waals surface area contributed by atoms with Gasteiger partial charge in [-0.05, 0) is 31.9 Å². The van der Waals surface area contributed by atoms with Crippen molar-refractivity contribution >= 4 is 17.6 Å². The van der Waals surface area contributed by atoms with Gasteiger partial charge >= 0.3 is 0 Å². The summed E-state index contributed by atoms with van der Waals surface area (Å²) < 4.78 is 12.8. The van der Waals surface area contributed by atoms with Gasteiger partial charge in [-0.2, -0.15) is 16.2 Å². The minimum Gasteiger partial charge on any atom is -0.367 e. The maximum atomic E-state index is 12.8. The zero-order valence-electron chi connectivity index (χ0n) is 9.32. The molecule has 0 aliphatic heterocycles. The molecular weight excluding hydrogens is 225 g/mol. The Kier molecular flexibility index (Phi) is 3.98. The fourth-order valence-corrected chi connectivity index (χ4v) is 2.81.